The van der Waals surface area contributed by atoms with Gasteiger partial charge in [0.1, 0.15) is 17.7 Å². The quantitative estimate of drug-likeness (QED) is 0.398. The van der Waals surface area contributed by atoms with Crippen molar-refractivity contribution >= 4 is 28.2 Å². The predicted octanol–water partition coefficient (Wildman–Crippen LogP) is 3.79. The first kappa shape index (κ1) is 21.1. The number of aliphatic imine (C=N–C) groups is 1. The zero-order valence-electron chi connectivity index (χ0n) is 16.6. The van der Waals surface area contributed by atoms with Gasteiger partial charge >= 0.3 is 0 Å². The highest BCUT2D eigenvalue weighted by molar-refractivity contribution is 5.92. The van der Waals surface area contributed by atoms with Gasteiger partial charge in [-0.1, -0.05) is 18.2 Å². The van der Waals surface area contributed by atoms with E-state index in [0.29, 0.717) is 18.5 Å². The summed E-state index contributed by atoms with van der Waals surface area (Å²) in [7, 11) is 7.10. The SMILES string of the molecule is COC(CN=CCC(=C(C#N)C#N)c1ccc2cc(N(C)C)ccc2c1)OC. The highest BCUT2D eigenvalue weighted by Gasteiger charge is 2.10. The van der Waals surface area contributed by atoms with Crippen LogP contribution in [0.15, 0.2) is 47.0 Å². The Morgan fingerprint density at radius 2 is 1.71 bits per heavy atom. The molecule has 2 aromatic rings. The maximum absolute atomic E-state index is 9.37. The Bertz CT molecular complexity index is 945. The van der Waals surface area contributed by atoms with Gasteiger partial charge in [-0.15, -0.1) is 0 Å². The number of rotatable bonds is 8. The minimum absolute atomic E-state index is 0.0887. The van der Waals surface area contributed by atoms with E-state index >= 15 is 0 Å². The van der Waals surface area contributed by atoms with Gasteiger partial charge in [-0.2, -0.15) is 10.5 Å². The topological polar surface area (TPSA) is 81.6 Å². The minimum Gasteiger partial charge on any atom is -0.378 e. The fraction of sp³-hybridized carbons (Fsp3) is 0.318. The van der Waals surface area contributed by atoms with Gasteiger partial charge in [0.15, 0.2) is 6.29 Å². The molecule has 0 fully saturated rings. The highest BCUT2D eigenvalue weighted by Crippen LogP contribution is 2.27. The zero-order chi connectivity index (χ0) is 20.5. The first-order chi connectivity index (χ1) is 13.5. The van der Waals surface area contributed by atoms with E-state index in [1.165, 1.54) is 0 Å². The molecule has 2 rings (SSSR count). The second kappa shape index (κ2) is 10.2. The van der Waals surface area contributed by atoms with Crippen molar-refractivity contribution < 1.29 is 9.47 Å². The highest BCUT2D eigenvalue weighted by atomic mass is 16.7. The molecule has 0 aromatic heterocycles. The van der Waals surface area contributed by atoms with Crippen LogP contribution in [0.3, 0.4) is 0 Å². The number of methoxy groups -OCH3 is 2. The fourth-order valence-corrected chi connectivity index (χ4v) is 2.78. The Morgan fingerprint density at radius 3 is 2.32 bits per heavy atom. The molecule has 0 unspecified atom stereocenters. The van der Waals surface area contributed by atoms with Crippen molar-refractivity contribution in [1.29, 1.82) is 10.5 Å². The molecule has 0 bridgehead atoms. The largest absolute Gasteiger partial charge is 0.378 e. The van der Waals surface area contributed by atoms with Crippen LogP contribution in [-0.4, -0.2) is 47.4 Å². The molecule has 0 spiro atoms. The van der Waals surface area contributed by atoms with E-state index in [2.05, 4.69) is 11.1 Å². The van der Waals surface area contributed by atoms with E-state index in [-0.39, 0.29) is 5.57 Å². The third kappa shape index (κ3) is 5.17. The molecule has 144 valence electrons. The molecule has 28 heavy (non-hydrogen) atoms. The summed E-state index contributed by atoms with van der Waals surface area (Å²) in [6.45, 7) is 0.347. The van der Waals surface area contributed by atoms with Gasteiger partial charge < -0.3 is 14.4 Å². The smallest absolute Gasteiger partial charge is 0.176 e. The number of hydrogen-bond donors (Lipinski definition) is 0. The third-order valence-corrected chi connectivity index (χ3v) is 4.42. The number of hydrogen-bond acceptors (Lipinski definition) is 6. The molecule has 2 aromatic carbocycles. The normalized spacial score (nSPS) is 10.8. The van der Waals surface area contributed by atoms with Crippen molar-refractivity contribution in [3.63, 3.8) is 0 Å². The Kier molecular flexibility index (Phi) is 7.71. The standard InChI is InChI=1S/C22H24N4O2/c1-26(2)20-8-7-16-11-18(6-5-17(16)12-20)21(19(13-23)14-24)9-10-25-15-22(27-3)28-4/h5-8,10-12,22H,9,15H2,1-4H3. The molecule has 0 aliphatic heterocycles. The first-order valence-corrected chi connectivity index (χ1v) is 8.82. The van der Waals surface area contributed by atoms with Crippen LogP contribution in [0.5, 0.6) is 0 Å². The summed E-state index contributed by atoms with van der Waals surface area (Å²) in [6.07, 6.45) is 1.65. The van der Waals surface area contributed by atoms with Gasteiger partial charge in [-0.3, -0.25) is 4.99 Å². The van der Waals surface area contributed by atoms with Crippen molar-refractivity contribution in [3.8, 4) is 12.1 Å². The molecule has 0 heterocycles. The lowest BCUT2D eigenvalue weighted by Gasteiger charge is -2.14. The molecule has 0 amide bonds. The van der Waals surface area contributed by atoms with Crippen molar-refractivity contribution in [2.24, 2.45) is 4.99 Å². The molecule has 0 saturated carbocycles. The fourth-order valence-electron chi connectivity index (χ4n) is 2.78. The van der Waals surface area contributed by atoms with Crippen LogP contribution in [0.1, 0.15) is 12.0 Å². The molecule has 0 saturated heterocycles. The summed E-state index contributed by atoms with van der Waals surface area (Å²) < 4.78 is 10.2. The second-order valence-electron chi connectivity index (χ2n) is 6.37. The molecule has 6 nitrogen and oxygen atoms in total. The van der Waals surface area contributed by atoms with Crippen LogP contribution in [0.25, 0.3) is 16.3 Å². The minimum atomic E-state index is -0.415. The van der Waals surface area contributed by atoms with E-state index in [9.17, 15) is 10.5 Å². The summed E-state index contributed by atoms with van der Waals surface area (Å²) in [5, 5.41) is 20.9. The van der Waals surface area contributed by atoms with Gasteiger partial charge in [0.2, 0.25) is 0 Å². The van der Waals surface area contributed by atoms with Gasteiger partial charge in [-0.05, 0) is 40.1 Å². The monoisotopic (exact) mass is 376 g/mol. The summed E-state index contributed by atoms with van der Waals surface area (Å²) in [5.41, 5.74) is 2.69. The van der Waals surface area contributed by atoms with Gasteiger partial charge in [-0.25, -0.2) is 0 Å². The Labute approximate surface area is 165 Å². The van der Waals surface area contributed by atoms with Gasteiger partial charge in [0.25, 0.3) is 0 Å². The summed E-state index contributed by atoms with van der Waals surface area (Å²) in [6, 6.07) is 16.1. The zero-order valence-corrected chi connectivity index (χ0v) is 16.6. The van der Waals surface area contributed by atoms with E-state index < -0.39 is 6.29 Å². The molecule has 0 aliphatic rings. The number of anilines is 1. The lowest BCUT2D eigenvalue weighted by molar-refractivity contribution is -0.0936. The van der Waals surface area contributed by atoms with Crippen LogP contribution in [0.4, 0.5) is 5.69 Å². The number of ether oxygens (including phenoxy) is 2. The van der Waals surface area contributed by atoms with E-state index in [4.69, 9.17) is 9.47 Å². The number of benzene rings is 2. The van der Waals surface area contributed by atoms with E-state index in [1.807, 2.05) is 61.5 Å². The number of nitrogens with zero attached hydrogens (tertiary/aromatic N) is 4. The Balaban J connectivity index is 2.35. The Hall–Kier alpha value is -3.19. The maximum atomic E-state index is 9.37. The maximum Gasteiger partial charge on any atom is 0.176 e. The lowest BCUT2D eigenvalue weighted by atomic mass is 9.95. The van der Waals surface area contributed by atoms with Crippen LogP contribution in [-0.2, 0) is 9.47 Å². The molecule has 0 atom stereocenters. The van der Waals surface area contributed by atoms with Gasteiger partial charge in [0, 0.05) is 46.6 Å². The molecular weight excluding hydrogens is 352 g/mol. The molecular formula is C22H24N4O2. The van der Waals surface area contributed by atoms with E-state index in [0.717, 1.165) is 22.0 Å². The van der Waals surface area contributed by atoms with Crippen LogP contribution >= 0.6 is 0 Å². The van der Waals surface area contributed by atoms with Crippen molar-refractivity contribution in [2.45, 2.75) is 12.7 Å². The van der Waals surface area contributed by atoms with Crippen molar-refractivity contribution in [3.05, 3.63) is 47.5 Å². The number of nitriles is 2. The Morgan fingerprint density at radius 1 is 1.07 bits per heavy atom. The lowest BCUT2D eigenvalue weighted by Crippen LogP contribution is -2.16. The average Bonchev–Trinajstić information content (AvgIpc) is 2.72. The van der Waals surface area contributed by atoms with Crippen LogP contribution in [0.2, 0.25) is 0 Å². The second-order valence-corrected chi connectivity index (χ2v) is 6.37. The molecule has 0 N–H and O–H groups in total. The van der Waals surface area contributed by atoms with Crippen LogP contribution in [0, 0.1) is 22.7 Å². The van der Waals surface area contributed by atoms with Crippen molar-refractivity contribution in [2.75, 3.05) is 39.8 Å². The predicted molar refractivity (Wildman–Crippen MR) is 112 cm³/mol. The van der Waals surface area contributed by atoms with Gasteiger partial charge in [0.05, 0.1) is 6.54 Å². The third-order valence-electron chi connectivity index (χ3n) is 4.42. The number of fused-ring (bicyclic) bond motifs is 1. The first-order valence-electron chi connectivity index (χ1n) is 8.82. The van der Waals surface area contributed by atoms with E-state index in [1.54, 1.807) is 20.4 Å². The molecule has 6 heteroatoms. The summed E-state index contributed by atoms with van der Waals surface area (Å²) >= 11 is 0. The summed E-state index contributed by atoms with van der Waals surface area (Å²) in [5.74, 6) is 0. The number of allylic oxidation sites excluding steroid dienone is 2. The summed E-state index contributed by atoms with van der Waals surface area (Å²) in [4.78, 5) is 6.34. The average molecular weight is 376 g/mol. The molecule has 0 aliphatic carbocycles. The van der Waals surface area contributed by atoms with Crippen molar-refractivity contribution in [1.82, 2.24) is 0 Å². The molecule has 0 radical (unpaired) electrons. The van der Waals surface area contributed by atoms with Crippen LogP contribution < -0.4 is 4.90 Å².